The van der Waals surface area contributed by atoms with E-state index in [0.29, 0.717) is 12.3 Å². The minimum absolute atomic E-state index is 0.132. The van der Waals surface area contributed by atoms with Gasteiger partial charge in [-0.2, -0.15) is 0 Å². The van der Waals surface area contributed by atoms with Crippen LogP contribution in [0.3, 0.4) is 0 Å². The Morgan fingerprint density at radius 3 is 2.86 bits per heavy atom. The number of hydrogen-bond acceptors (Lipinski definition) is 3. The van der Waals surface area contributed by atoms with E-state index in [2.05, 4.69) is 25.9 Å². The maximum absolute atomic E-state index is 12.4. The van der Waals surface area contributed by atoms with Crippen LogP contribution in [0, 0.1) is 0 Å². The van der Waals surface area contributed by atoms with Gasteiger partial charge in [-0.25, -0.2) is 9.97 Å². The molecule has 1 aliphatic heterocycles. The Hall–Kier alpha value is -1.14. The van der Waals surface area contributed by atoms with Crippen molar-refractivity contribution in [1.29, 1.82) is 0 Å². The Balaban J connectivity index is 1.94. The maximum atomic E-state index is 12.4. The second kappa shape index (κ2) is 6.32. The van der Waals surface area contributed by atoms with Crippen molar-refractivity contribution < 1.29 is 4.79 Å². The highest BCUT2D eigenvalue weighted by molar-refractivity contribution is 9.10. The van der Waals surface area contributed by atoms with Crippen molar-refractivity contribution >= 4 is 44.6 Å². The fourth-order valence-corrected chi connectivity index (χ4v) is 3.16. The minimum Gasteiger partial charge on any atom is -0.341 e. The molecule has 0 spiro atoms. The van der Waals surface area contributed by atoms with E-state index in [1.165, 1.54) is 0 Å². The van der Waals surface area contributed by atoms with Crippen LogP contribution in [0.5, 0.6) is 0 Å². The fourth-order valence-electron chi connectivity index (χ4n) is 2.68. The van der Waals surface area contributed by atoms with Gasteiger partial charge in [0.25, 0.3) is 0 Å². The van der Waals surface area contributed by atoms with Gasteiger partial charge in [-0.05, 0) is 34.8 Å². The topological polar surface area (TPSA) is 51.0 Å². The van der Waals surface area contributed by atoms with Crippen LogP contribution in [0.1, 0.15) is 18.7 Å². The summed E-state index contributed by atoms with van der Waals surface area (Å²) in [6.45, 7) is 2.00. The first kappa shape index (κ1) is 14.8. The third kappa shape index (κ3) is 3.06. The molecule has 0 saturated carbocycles. The van der Waals surface area contributed by atoms with Gasteiger partial charge in [-0.1, -0.05) is 0 Å². The van der Waals surface area contributed by atoms with Gasteiger partial charge in [-0.3, -0.25) is 4.79 Å². The average Bonchev–Trinajstić information content (AvgIpc) is 3.08. The van der Waals surface area contributed by atoms with Gasteiger partial charge < -0.3 is 9.47 Å². The molecule has 5 nitrogen and oxygen atoms in total. The smallest absolute Gasteiger partial charge is 0.242 e. The van der Waals surface area contributed by atoms with E-state index in [4.69, 9.17) is 11.6 Å². The van der Waals surface area contributed by atoms with Crippen LogP contribution in [-0.4, -0.2) is 44.3 Å². The predicted octanol–water partition coefficient (Wildman–Crippen LogP) is 2.60. The lowest BCUT2D eigenvalue weighted by molar-refractivity contribution is -0.130. The van der Waals surface area contributed by atoms with E-state index < -0.39 is 0 Å². The highest BCUT2D eigenvalue weighted by Crippen LogP contribution is 2.20. The number of aryl methyl sites for hydroxylation is 1. The molecular formula is C14H16BrClN4O. The number of likely N-dealkylation sites (tertiary alicyclic amines) is 1. The third-order valence-electron chi connectivity index (χ3n) is 3.70. The molecule has 0 atom stereocenters. The molecule has 0 bridgehead atoms. The average molecular weight is 372 g/mol. The van der Waals surface area contributed by atoms with Crippen LogP contribution in [-0.2, 0) is 17.8 Å². The summed E-state index contributed by atoms with van der Waals surface area (Å²) in [5.41, 5.74) is 1.53. The molecule has 0 aromatic carbocycles. The number of pyridine rings is 1. The first-order valence-corrected chi connectivity index (χ1v) is 8.36. The van der Waals surface area contributed by atoms with Crippen molar-refractivity contribution in [3.63, 3.8) is 0 Å². The highest BCUT2D eigenvalue weighted by atomic mass is 79.9. The number of fused-ring (bicyclic) bond motifs is 1. The van der Waals surface area contributed by atoms with Crippen LogP contribution in [0.4, 0.5) is 0 Å². The van der Waals surface area contributed by atoms with Gasteiger partial charge in [0.05, 0.1) is 0 Å². The SMILES string of the molecule is O=C(Cn1c(CCCl)nc2cc(Br)cnc21)N1CCCC1. The van der Waals surface area contributed by atoms with Crippen LogP contribution in [0.2, 0.25) is 0 Å². The van der Waals surface area contributed by atoms with E-state index in [-0.39, 0.29) is 12.5 Å². The number of carbonyl (C=O) groups excluding carboxylic acids is 1. The maximum Gasteiger partial charge on any atom is 0.242 e. The van der Waals surface area contributed by atoms with E-state index in [1.54, 1.807) is 6.20 Å². The number of hydrogen-bond donors (Lipinski definition) is 0. The van der Waals surface area contributed by atoms with Gasteiger partial charge >= 0.3 is 0 Å². The number of amides is 1. The van der Waals surface area contributed by atoms with Crippen molar-refractivity contribution in [2.75, 3.05) is 19.0 Å². The monoisotopic (exact) mass is 370 g/mol. The van der Waals surface area contributed by atoms with Gasteiger partial charge in [-0.15, -0.1) is 11.6 Å². The molecule has 1 saturated heterocycles. The normalized spacial score (nSPS) is 15.0. The summed E-state index contributed by atoms with van der Waals surface area (Å²) >= 11 is 9.25. The zero-order valence-corrected chi connectivity index (χ0v) is 13.9. The molecule has 0 aliphatic carbocycles. The third-order valence-corrected chi connectivity index (χ3v) is 4.32. The lowest BCUT2D eigenvalue weighted by Crippen LogP contribution is -2.31. The molecule has 3 heterocycles. The summed E-state index contributed by atoms with van der Waals surface area (Å²) in [4.78, 5) is 23.3. The van der Waals surface area contributed by atoms with Crippen LogP contribution in [0.25, 0.3) is 11.2 Å². The summed E-state index contributed by atoms with van der Waals surface area (Å²) in [6, 6.07) is 1.91. The van der Waals surface area contributed by atoms with E-state index in [9.17, 15) is 4.79 Å². The standard InChI is InChI=1S/C14H16BrClN4O/c15-10-7-11-14(17-8-10)20(12(18-11)3-4-16)9-13(21)19-5-1-2-6-19/h7-8H,1-6,9H2. The van der Waals surface area contributed by atoms with Crippen molar-refractivity contribution in [3.8, 4) is 0 Å². The number of halogens is 2. The predicted molar refractivity (Wildman–Crippen MR) is 85.5 cm³/mol. The molecule has 1 fully saturated rings. The molecule has 1 aliphatic rings. The van der Waals surface area contributed by atoms with Crippen molar-refractivity contribution in [2.45, 2.75) is 25.8 Å². The quantitative estimate of drug-likeness (QED) is 0.776. The van der Waals surface area contributed by atoms with E-state index in [1.807, 2.05) is 15.5 Å². The lowest BCUT2D eigenvalue weighted by Gasteiger charge is -2.16. The van der Waals surface area contributed by atoms with Crippen LogP contribution < -0.4 is 0 Å². The number of nitrogens with zero attached hydrogens (tertiary/aromatic N) is 4. The highest BCUT2D eigenvalue weighted by Gasteiger charge is 2.21. The number of imidazole rings is 1. The Bertz CT molecular complexity index is 666. The minimum atomic E-state index is 0.132. The van der Waals surface area contributed by atoms with Gasteiger partial charge in [0.1, 0.15) is 17.9 Å². The number of carbonyl (C=O) groups is 1. The van der Waals surface area contributed by atoms with Gasteiger partial charge in [0, 0.05) is 36.1 Å². The molecule has 112 valence electrons. The summed E-state index contributed by atoms with van der Waals surface area (Å²) in [6.07, 6.45) is 4.54. The second-order valence-electron chi connectivity index (χ2n) is 5.14. The summed E-state index contributed by atoms with van der Waals surface area (Å²) in [5, 5.41) is 0. The number of rotatable bonds is 4. The van der Waals surface area contributed by atoms with Crippen LogP contribution >= 0.6 is 27.5 Å². The Labute approximate surface area is 136 Å². The molecule has 0 radical (unpaired) electrons. The van der Waals surface area contributed by atoms with Gasteiger partial charge in [0.2, 0.25) is 5.91 Å². The van der Waals surface area contributed by atoms with Crippen molar-refractivity contribution in [2.24, 2.45) is 0 Å². The first-order valence-electron chi connectivity index (χ1n) is 7.03. The Morgan fingerprint density at radius 1 is 1.38 bits per heavy atom. The molecular weight excluding hydrogens is 356 g/mol. The zero-order valence-electron chi connectivity index (χ0n) is 11.6. The number of aromatic nitrogens is 3. The van der Waals surface area contributed by atoms with Crippen molar-refractivity contribution in [1.82, 2.24) is 19.4 Å². The van der Waals surface area contributed by atoms with Crippen LogP contribution in [0.15, 0.2) is 16.7 Å². The van der Waals surface area contributed by atoms with E-state index in [0.717, 1.165) is 47.4 Å². The largest absolute Gasteiger partial charge is 0.341 e. The van der Waals surface area contributed by atoms with Crippen molar-refractivity contribution in [3.05, 3.63) is 22.6 Å². The molecule has 1 amide bonds. The fraction of sp³-hybridized carbons (Fsp3) is 0.500. The zero-order chi connectivity index (χ0) is 14.8. The molecule has 2 aromatic heterocycles. The Morgan fingerprint density at radius 2 is 2.14 bits per heavy atom. The molecule has 21 heavy (non-hydrogen) atoms. The molecule has 2 aromatic rings. The lowest BCUT2D eigenvalue weighted by atomic mass is 10.4. The molecule has 0 N–H and O–H groups in total. The second-order valence-corrected chi connectivity index (χ2v) is 6.43. The summed E-state index contributed by atoms with van der Waals surface area (Å²) in [7, 11) is 0. The summed E-state index contributed by atoms with van der Waals surface area (Å²) < 4.78 is 2.77. The molecule has 0 unspecified atom stereocenters. The van der Waals surface area contributed by atoms with E-state index >= 15 is 0 Å². The molecule has 7 heteroatoms. The molecule has 3 rings (SSSR count). The summed E-state index contributed by atoms with van der Waals surface area (Å²) in [5.74, 6) is 1.42. The van der Waals surface area contributed by atoms with Gasteiger partial charge in [0.15, 0.2) is 5.65 Å². The number of alkyl halides is 1. The first-order chi connectivity index (χ1) is 10.2. The Kier molecular flexibility index (Phi) is 4.45.